The molecule has 7 heteroatoms. The molecule has 7 nitrogen and oxygen atoms in total. The summed E-state index contributed by atoms with van der Waals surface area (Å²) in [5.41, 5.74) is 6.32. The molecule has 0 radical (unpaired) electrons. The lowest BCUT2D eigenvalue weighted by atomic mass is 10.1. The maximum atomic E-state index is 13.7. The number of rotatable bonds is 4. The van der Waals surface area contributed by atoms with Gasteiger partial charge in [-0.2, -0.15) is 0 Å². The van der Waals surface area contributed by atoms with E-state index in [-0.39, 0.29) is 5.91 Å². The van der Waals surface area contributed by atoms with E-state index in [4.69, 9.17) is 4.98 Å². The predicted molar refractivity (Wildman–Crippen MR) is 166 cm³/mol. The zero-order chi connectivity index (χ0) is 29.3. The number of carbonyl (C=O) groups is 1. The summed E-state index contributed by atoms with van der Waals surface area (Å²) in [5, 5.41) is 3.02. The summed E-state index contributed by atoms with van der Waals surface area (Å²) in [6.07, 6.45) is 10.2. The van der Waals surface area contributed by atoms with Crippen molar-refractivity contribution in [2.24, 2.45) is 0 Å². The van der Waals surface area contributed by atoms with Crippen molar-refractivity contribution in [1.29, 1.82) is 0 Å². The van der Waals surface area contributed by atoms with Gasteiger partial charge >= 0.3 is 0 Å². The van der Waals surface area contributed by atoms with Crippen LogP contribution in [0.15, 0.2) is 128 Å². The van der Waals surface area contributed by atoms with Crippen molar-refractivity contribution in [3.8, 4) is 46.5 Å². The molecule has 1 aromatic carbocycles. The minimum Gasteiger partial charge on any atom is -0.322 e. The monoisotopic (exact) mass is 554 g/mol. The van der Waals surface area contributed by atoms with Crippen LogP contribution in [0.4, 0.5) is 5.69 Å². The summed E-state index contributed by atoms with van der Waals surface area (Å²) in [7, 11) is 0. The van der Waals surface area contributed by atoms with Crippen LogP contribution in [0, 0.1) is 23.7 Å². The van der Waals surface area contributed by atoms with E-state index >= 15 is 0 Å². The van der Waals surface area contributed by atoms with Gasteiger partial charge in [-0.05, 0) is 78.9 Å². The predicted octanol–water partition coefficient (Wildman–Crippen LogP) is 6.05. The summed E-state index contributed by atoms with van der Waals surface area (Å²) >= 11 is 0. The first-order valence-corrected chi connectivity index (χ1v) is 13.3. The molecule has 0 bridgehead atoms. The van der Waals surface area contributed by atoms with Gasteiger partial charge in [-0.3, -0.25) is 24.7 Å². The molecule has 0 atom stereocenters. The zero-order valence-corrected chi connectivity index (χ0v) is 22.8. The number of nitrogens with one attached hydrogen (secondary N) is 1. The van der Waals surface area contributed by atoms with E-state index in [9.17, 15) is 4.79 Å². The molecular formula is C36H22N6O. The van der Waals surface area contributed by atoms with Crippen molar-refractivity contribution in [3.05, 3.63) is 156 Å². The Hall–Kier alpha value is -6.44. The first kappa shape index (κ1) is 26.8. The van der Waals surface area contributed by atoms with Crippen molar-refractivity contribution in [2.45, 2.75) is 0 Å². The Labute approximate surface area is 248 Å². The van der Waals surface area contributed by atoms with Gasteiger partial charge in [0.05, 0.1) is 22.8 Å². The quantitative estimate of drug-likeness (QED) is 0.267. The molecule has 5 heterocycles. The lowest BCUT2D eigenvalue weighted by Crippen LogP contribution is -2.13. The molecule has 0 spiro atoms. The SMILES string of the molecule is O=C(Nc1cc(C#Cc2cccnc2)cc(C#Cc2cccnc2)c1)c1cc(-c2ccccn2)nc(-c2ccccn2)c1. The Balaban J connectivity index is 1.37. The Morgan fingerprint density at radius 1 is 0.535 bits per heavy atom. The number of benzene rings is 1. The smallest absolute Gasteiger partial charge is 0.255 e. The van der Waals surface area contributed by atoms with Crippen LogP contribution in [0.1, 0.15) is 32.6 Å². The molecule has 0 fully saturated rings. The van der Waals surface area contributed by atoms with Crippen LogP contribution in [0.2, 0.25) is 0 Å². The second-order valence-electron chi connectivity index (χ2n) is 9.29. The Kier molecular flexibility index (Phi) is 7.98. The van der Waals surface area contributed by atoms with Crippen LogP contribution in [-0.2, 0) is 0 Å². The molecule has 0 aliphatic carbocycles. The molecule has 1 amide bonds. The van der Waals surface area contributed by atoms with Crippen LogP contribution in [0.5, 0.6) is 0 Å². The molecule has 6 aromatic rings. The fraction of sp³-hybridized carbons (Fsp3) is 0. The average molecular weight is 555 g/mol. The van der Waals surface area contributed by atoms with Crippen LogP contribution in [-0.4, -0.2) is 30.8 Å². The van der Waals surface area contributed by atoms with Gasteiger partial charge in [-0.15, -0.1) is 0 Å². The third-order valence-corrected chi connectivity index (χ3v) is 6.16. The molecule has 6 rings (SSSR count). The fourth-order valence-corrected chi connectivity index (χ4v) is 4.16. The van der Waals surface area contributed by atoms with E-state index in [2.05, 4.69) is 48.9 Å². The molecule has 1 N–H and O–H groups in total. The Bertz CT molecular complexity index is 1880. The molecule has 43 heavy (non-hydrogen) atoms. The number of aromatic nitrogens is 5. The lowest BCUT2D eigenvalue weighted by molar-refractivity contribution is 0.102. The topological polar surface area (TPSA) is 93.6 Å². The van der Waals surface area contributed by atoms with Gasteiger partial charge in [0.25, 0.3) is 5.91 Å². The minimum absolute atomic E-state index is 0.319. The van der Waals surface area contributed by atoms with Crippen LogP contribution in [0.3, 0.4) is 0 Å². The second kappa shape index (κ2) is 12.8. The van der Waals surface area contributed by atoms with Crippen molar-refractivity contribution in [1.82, 2.24) is 24.9 Å². The standard InChI is InChI=1S/C36H22N6O/c43-36(30-22-34(32-9-1-3-17-39-32)42-35(23-30)33-10-2-4-18-40-33)41-31-20-28(13-11-26-7-5-15-37-24-26)19-29(21-31)14-12-27-8-6-16-38-25-27/h1-10,15-25H,(H,41,43). The molecule has 0 aliphatic rings. The summed E-state index contributed by atoms with van der Waals surface area (Å²) in [4.78, 5) is 35.5. The number of hydrogen-bond donors (Lipinski definition) is 1. The molecule has 202 valence electrons. The highest BCUT2D eigenvalue weighted by Crippen LogP contribution is 2.24. The molecule has 5 aromatic heterocycles. The lowest BCUT2D eigenvalue weighted by Gasteiger charge is -2.10. The van der Waals surface area contributed by atoms with Gasteiger partial charge in [0.2, 0.25) is 0 Å². The highest BCUT2D eigenvalue weighted by Gasteiger charge is 2.14. The number of nitrogens with zero attached hydrogens (tertiary/aromatic N) is 5. The number of anilines is 1. The van der Waals surface area contributed by atoms with E-state index in [1.165, 1.54) is 0 Å². The molecular weight excluding hydrogens is 532 g/mol. The van der Waals surface area contributed by atoms with Gasteiger partial charge in [-0.25, -0.2) is 4.98 Å². The largest absolute Gasteiger partial charge is 0.322 e. The minimum atomic E-state index is -0.319. The van der Waals surface area contributed by atoms with Crippen molar-refractivity contribution >= 4 is 11.6 Å². The Morgan fingerprint density at radius 3 is 1.53 bits per heavy atom. The number of amides is 1. The third-order valence-electron chi connectivity index (χ3n) is 6.16. The second-order valence-corrected chi connectivity index (χ2v) is 9.29. The summed E-state index contributed by atoms with van der Waals surface area (Å²) in [6, 6.07) is 27.5. The summed E-state index contributed by atoms with van der Waals surface area (Å²) in [6.45, 7) is 0. The maximum absolute atomic E-state index is 13.7. The van der Waals surface area contributed by atoms with Gasteiger partial charge in [-0.1, -0.05) is 35.8 Å². The molecule has 0 unspecified atom stereocenters. The van der Waals surface area contributed by atoms with E-state index in [0.717, 1.165) is 11.1 Å². The molecule has 0 saturated carbocycles. The van der Waals surface area contributed by atoms with Crippen LogP contribution >= 0.6 is 0 Å². The van der Waals surface area contributed by atoms with E-state index in [0.29, 0.717) is 45.2 Å². The summed E-state index contributed by atoms with van der Waals surface area (Å²) < 4.78 is 0. The fourth-order valence-electron chi connectivity index (χ4n) is 4.16. The van der Waals surface area contributed by atoms with Crippen LogP contribution in [0.25, 0.3) is 22.8 Å². The highest BCUT2D eigenvalue weighted by molar-refractivity contribution is 6.05. The molecule has 0 aliphatic heterocycles. The average Bonchev–Trinajstić information content (AvgIpc) is 3.08. The van der Waals surface area contributed by atoms with Crippen molar-refractivity contribution in [3.63, 3.8) is 0 Å². The number of hydrogen-bond acceptors (Lipinski definition) is 6. The maximum Gasteiger partial charge on any atom is 0.255 e. The van der Waals surface area contributed by atoms with Crippen molar-refractivity contribution < 1.29 is 4.79 Å². The van der Waals surface area contributed by atoms with E-state index in [1.54, 1.807) is 49.3 Å². The van der Waals surface area contributed by atoms with Crippen molar-refractivity contribution in [2.75, 3.05) is 5.32 Å². The highest BCUT2D eigenvalue weighted by atomic mass is 16.1. The number of carbonyl (C=O) groups excluding carboxylic acids is 1. The van der Waals surface area contributed by atoms with Crippen LogP contribution < -0.4 is 5.32 Å². The first-order valence-electron chi connectivity index (χ1n) is 13.3. The zero-order valence-electron chi connectivity index (χ0n) is 22.8. The van der Waals surface area contributed by atoms with Gasteiger partial charge in [0, 0.05) is 70.7 Å². The normalized spacial score (nSPS) is 10.0. The molecule has 0 saturated heterocycles. The first-order chi connectivity index (χ1) is 21.2. The van der Waals surface area contributed by atoms with E-state index < -0.39 is 0 Å². The van der Waals surface area contributed by atoms with E-state index in [1.807, 2.05) is 78.9 Å². The van der Waals surface area contributed by atoms with Gasteiger partial charge in [0.1, 0.15) is 0 Å². The number of pyridine rings is 5. The Morgan fingerprint density at radius 2 is 1.07 bits per heavy atom. The summed E-state index contributed by atoms with van der Waals surface area (Å²) in [5.74, 6) is 12.3. The third kappa shape index (κ3) is 7.01. The van der Waals surface area contributed by atoms with Gasteiger partial charge < -0.3 is 5.32 Å². The van der Waals surface area contributed by atoms with Gasteiger partial charge in [0.15, 0.2) is 0 Å².